The molecular weight excluding hydrogens is 294 g/mol. The number of anilines is 2. The van der Waals surface area contributed by atoms with Gasteiger partial charge < -0.3 is 25.2 Å². The number of thioether (sulfide) groups is 1. The molecule has 1 aromatic rings. The number of ether oxygens (including phenoxy) is 1. The second kappa shape index (κ2) is 8.32. The normalized spacial score (nSPS) is 16.8. The van der Waals surface area contributed by atoms with Crippen molar-refractivity contribution in [3.63, 3.8) is 0 Å². The summed E-state index contributed by atoms with van der Waals surface area (Å²) in [5.74, 6) is 1.48. The lowest BCUT2D eigenvalue weighted by Gasteiger charge is -2.27. The maximum Gasteiger partial charge on any atom is 0.231 e. The molecule has 1 saturated heterocycles. The van der Waals surface area contributed by atoms with Gasteiger partial charge in [-0.2, -0.15) is 15.0 Å². The van der Waals surface area contributed by atoms with Crippen molar-refractivity contribution in [3.05, 3.63) is 0 Å². The molecule has 118 valence electrons. The van der Waals surface area contributed by atoms with E-state index in [-0.39, 0.29) is 6.61 Å². The summed E-state index contributed by atoms with van der Waals surface area (Å²) in [7, 11) is 0. The molecule has 2 rings (SSSR count). The van der Waals surface area contributed by atoms with Crippen molar-refractivity contribution in [2.45, 2.75) is 18.2 Å². The first-order valence-electron chi connectivity index (χ1n) is 6.97. The molecular formula is C12H21N5O3S. The maximum atomic E-state index is 9.43. The molecule has 3 N–H and O–H groups in total. The first-order valence-corrected chi connectivity index (χ1v) is 7.96. The van der Waals surface area contributed by atoms with Crippen LogP contribution in [0.25, 0.3) is 0 Å². The van der Waals surface area contributed by atoms with E-state index in [4.69, 9.17) is 9.84 Å². The minimum absolute atomic E-state index is 0.269. The molecule has 1 atom stereocenters. The van der Waals surface area contributed by atoms with Gasteiger partial charge >= 0.3 is 0 Å². The monoisotopic (exact) mass is 315 g/mol. The molecule has 0 bridgehead atoms. The number of nitrogens with one attached hydrogen (secondary N) is 1. The lowest BCUT2D eigenvalue weighted by atomic mass is 10.4. The third-order valence-corrected chi connectivity index (χ3v) is 3.84. The van der Waals surface area contributed by atoms with Crippen molar-refractivity contribution in [3.8, 4) is 0 Å². The lowest BCUT2D eigenvalue weighted by molar-refractivity contribution is 0.113. The van der Waals surface area contributed by atoms with Gasteiger partial charge in [0.25, 0.3) is 0 Å². The fraction of sp³-hybridized carbons (Fsp3) is 0.750. The van der Waals surface area contributed by atoms with Gasteiger partial charge in [0.05, 0.1) is 25.9 Å². The van der Waals surface area contributed by atoms with Gasteiger partial charge in [0.15, 0.2) is 5.16 Å². The van der Waals surface area contributed by atoms with Crippen LogP contribution in [-0.4, -0.2) is 76.5 Å². The number of aromatic nitrogens is 3. The van der Waals surface area contributed by atoms with Gasteiger partial charge in [-0.1, -0.05) is 11.8 Å². The summed E-state index contributed by atoms with van der Waals surface area (Å²) in [6.45, 7) is 5.24. The highest BCUT2D eigenvalue weighted by molar-refractivity contribution is 7.99. The summed E-state index contributed by atoms with van der Waals surface area (Å²) in [6, 6.07) is 0. The number of morpholine rings is 1. The van der Waals surface area contributed by atoms with E-state index in [1.165, 1.54) is 11.8 Å². The van der Waals surface area contributed by atoms with Crippen molar-refractivity contribution in [1.82, 2.24) is 15.0 Å². The Morgan fingerprint density at radius 1 is 1.33 bits per heavy atom. The van der Waals surface area contributed by atoms with Gasteiger partial charge in [0.2, 0.25) is 11.9 Å². The van der Waals surface area contributed by atoms with Crippen LogP contribution < -0.4 is 10.2 Å². The fourth-order valence-corrected chi connectivity index (χ4v) is 2.52. The standard InChI is InChI=1S/C12H21N5O3S/c1-2-13-10-14-11(17-3-5-20-6-4-17)16-12(15-10)21-8-9(19)7-18/h9,18-19H,2-8H2,1H3,(H,13,14,15,16). The summed E-state index contributed by atoms with van der Waals surface area (Å²) in [5.41, 5.74) is 0. The Morgan fingerprint density at radius 2 is 2.10 bits per heavy atom. The average Bonchev–Trinajstić information content (AvgIpc) is 2.53. The Morgan fingerprint density at radius 3 is 2.76 bits per heavy atom. The Kier molecular flexibility index (Phi) is 6.43. The van der Waals surface area contributed by atoms with E-state index >= 15 is 0 Å². The third kappa shape index (κ3) is 4.95. The van der Waals surface area contributed by atoms with Crippen molar-refractivity contribution >= 4 is 23.7 Å². The van der Waals surface area contributed by atoms with Gasteiger partial charge in [-0.25, -0.2) is 0 Å². The molecule has 0 aromatic carbocycles. The molecule has 0 radical (unpaired) electrons. The van der Waals surface area contributed by atoms with E-state index < -0.39 is 6.10 Å². The van der Waals surface area contributed by atoms with Crippen molar-refractivity contribution in [2.24, 2.45) is 0 Å². The second-order valence-electron chi connectivity index (χ2n) is 4.52. The smallest absolute Gasteiger partial charge is 0.231 e. The van der Waals surface area contributed by atoms with E-state index in [0.29, 0.717) is 36.0 Å². The number of aliphatic hydroxyl groups excluding tert-OH is 2. The molecule has 9 heteroatoms. The van der Waals surface area contributed by atoms with E-state index in [1.54, 1.807) is 0 Å². The van der Waals surface area contributed by atoms with Crippen LogP contribution in [0.2, 0.25) is 0 Å². The van der Waals surface area contributed by atoms with E-state index in [9.17, 15) is 5.11 Å². The number of rotatable bonds is 7. The molecule has 1 unspecified atom stereocenters. The molecule has 0 aliphatic carbocycles. The van der Waals surface area contributed by atoms with Crippen molar-refractivity contribution < 1.29 is 14.9 Å². The van der Waals surface area contributed by atoms with Crippen LogP contribution in [0.1, 0.15) is 6.92 Å². The summed E-state index contributed by atoms with van der Waals surface area (Å²) in [4.78, 5) is 15.2. The zero-order valence-corrected chi connectivity index (χ0v) is 12.8. The quantitative estimate of drug-likeness (QED) is 0.579. The predicted octanol–water partition coefficient (Wildman–Crippen LogP) is -0.415. The lowest BCUT2D eigenvalue weighted by Crippen LogP contribution is -2.37. The molecule has 2 heterocycles. The van der Waals surface area contributed by atoms with Crippen LogP contribution >= 0.6 is 11.8 Å². The third-order valence-electron chi connectivity index (χ3n) is 2.85. The van der Waals surface area contributed by atoms with Gasteiger partial charge in [-0.05, 0) is 6.92 Å². The summed E-state index contributed by atoms with van der Waals surface area (Å²) < 4.78 is 5.33. The highest BCUT2D eigenvalue weighted by Gasteiger charge is 2.17. The molecule has 0 amide bonds. The Labute approximate surface area is 128 Å². The molecule has 21 heavy (non-hydrogen) atoms. The van der Waals surface area contributed by atoms with Crippen LogP contribution in [0, 0.1) is 0 Å². The van der Waals surface area contributed by atoms with Gasteiger partial charge in [-0.15, -0.1) is 0 Å². The fourth-order valence-electron chi connectivity index (χ4n) is 1.78. The van der Waals surface area contributed by atoms with Crippen LogP contribution in [0.4, 0.5) is 11.9 Å². The summed E-state index contributed by atoms with van der Waals surface area (Å²) >= 11 is 1.30. The Hall–Kier alpha value is -1.16. The van der Waals surface area contributed by atoms with Gasteiger partial charge in [0, 0.05) is 25.4 Å². The largest absolute Gasteiger partial charge is 0.394 e. The second-order valence-corrected chi connectivity index (χ2v) is 5.51. The molecule has 1 aliphatic rings. The van der Waals surface area contributed by atoms with E-state index in [2.05, 4.69) is 25.2 Å². The molecule has 8 nitrogen and oxygen atoms in total. The number of hydrogen-bond donors (Lipinski definition) is 3. The minimum atomic E-state index is -0.777. The van der Waals surface area contributed by atoms with Crippen LogP contribution in [0.15, 0.2) is 5.16 Å². The van der Waals surface area contributed by atoms with Crippen LogP contribution in [0.5, 0.6) is 0 Å². The zero-order valence-electron chi connectivity index (χ0n) is 12.0. The molecule has 1 aromatic heterocycles. The number of nitrogens with zero attached hydrogens (tertiary/aromatic N) is 4. The van der Waals surface area contributed by atoms with Gasteiger partial charge in [0.1, 0.15) is 0 Å². The highest BCUT2D eigenvalue weighted by atomic mass is 32.2. The SMILES string of the molecule is CCNc1nc(SCC(O)CO)nc(N2CCOCC2)n1. The maximum absolute atomic E-state index is 9.43. The Bertz CT molecular complexity index is 445. The molecule has 1 fully saturated rings. The molecule has 0 saturated carbocycles. The molecule has 0 spiro atoms. The number of aliphatic hydroxyl groups is 2. The molecule has 1 aliphatic heterocycles. The summed E-state index contributed by atoms with van der Waals surface area (Å²) in [5, 5.41) is 21.9. The Balaban J connectivity index is 2.12. The topological polar surface area (TPSA) is 104 Å². The van der Waals surface area contributed by atoms with E-state index in [1.807, 2.05) is 6.92 Å². The number of hydrogen-bond acceptors (Lipinski definition) is 9. The predicted molar refractivity (Wildman–Crippen MR) is 80.8 cm³/mol. The van der Waals surface area contributed by atoms with Gasteiger partial charge in [-0.3, -0.25) is 0 Å². The first-order chi connectivity index (χ1) is 10.2. The van der Waals surface area contributed by atoms with Crippen LogP contribution in [0.3, 0.4) is 0 Å². The first kappa shape index (κ1) is 16.2. The van der Waals surface area contributed by atoms with E-state index in [0.717, 1.165) is 19.6 Å². The minimum Gasteiger partial charge on any atom is -0.394 e. The summed E-state index contributed by atoms with van der Waals surface area (Å²) in [6.07, 6.45) is -0.777. The highest BCUT2D eigenvalue weighted by Crippen LogP contribution is 2.20. The zero-order chi connectivity index (χ0) is 15.1. The van der Waals surface area contributed by atoms with Crippen LogP contribution in [-0.2, 0) is 4.74 Å². The van der Waals surface area contributed by atoms with Crippen molar-refractivity contribution in [2.75, 3.05) is 55.4 Å². The van der Waals surface area contributed by atoms with Crippen molar-refractivity contribution in [1.29, 1.82) is 0 Å². The average molecular weight is 315 g/mol.